The minimum absolute atomic E-state index is 0.954. The Labute approximate surface area is 82.6 Å². The van der Waals surface area contributed by atoms with Crippen LogP contribution in [-0.4, -0.2) is 8.75 Å². The summed E-state index contributed by atoms with van der Waals surface area (Å²) >= 11 is 1.23. The standard InChI is InChI=1S/C8H6N2S.C2H6/c1-2-4-7(5-3-1)8-6-9-11-10-8;1-2/h1-6H;1-2H3. The third kappa shape index (κ3) is 2.63. The predicted molar refractivity (Wildman–Crippen MR) is 56.7 cm³/mol. The van der Waals surface area contributed by atoms with Gasteiger partial charge in [0.25, 0.3) is 0 Å². The van der Waals surface area contributed by atoms with Gasteiger partial charge >= 0.3 is 0 Å². The molecular formula is C10H12N2S. The fourth-order valence-electron chi connectivity index (χ4n) is 0.901. The molecule has 0 atom stereocenters. The van der Waals surface area contributed by atoms with Crippen LogP contribution < -0.4 is 0 Å². The molecule has 2 nitrogen and oxygen atoms in total. The van der Waals surface area contributed by atoms with E-state index < -0.39 is 0 Å². The summed E-state index contributed by atoms with van der Waals surface area (Å²) < 4.78 is 8.05. The molecule has 2 aromatic rings. The van der Waals surface area contributed by atoms with Crippen LogP contribution in [0.25, 0.3) is 11.3 Å². The van der Waals surface area contributed by atoms with Crippen LogP contribution in [0.1, 0.15) is 13.8 Å². The van der Waals surface area contributed by atoms with Crippen molar-refractivity contribution in [2.24, 2.45) is 0 Å². The SMILES string of the molecule is CC.c1ccc(-c2cnsn2)cc1. The van der Waals surface area contributed by atoms with Gasteiger partial charge in [0.1, 0.15) is 5.69 Å². The maximum atomic E-state index is 4.12. The molecule has 0 N–H and O–H groups in total. The van der Waals surface area contributed by atoms with Gasteiger partial charge in [-0.15, -0.1) is 0 Å². The smallest absolute Gasteiger partial charge is 0.104 e. The van der Waals surface area contributed by atoms with Crippen LogP contribution >= 0.6 is 11.7 Å². The molecule has 0 unspecified atom stereocenters. The average molecular weight is 192 g/mol. The first kappa shape index (κ1) is 9.86. The Kier molecular flexibility index (Phi) is 4.12. The van der Waals surface area contributed by atoms with Gasteiger partial charge in [0.2, 0.25) is 0 Å². The minimum Gasteiger partial charge on any atom is -0.181 e. The van der Waals surface area contributed by atoms with E-state index in [4.69, 9.17) is 0 Å². The van der Waals surface area contributed by atoms with Crippen molar-refractivity contribution in [3.8, 4) is 11.3 Å². The van der Waals surface area contributed by atoms with E-state index in [0.29, 0.717) is 0 Å². The number of hydrogen-bond donors (Lipinski definition) is 0. The van der Waals surface area contributed by atoms with Crippen LogP contribution in [-0.2, 0) is 0 Å². The van der Waals surface area contributed by atoms with Gasteiger partial charge in [-0.25, -0.2) is 0 Å². The molecule has 13 heavy (non-hydrogen) atoms. The number of aromatic nitrogens is 2. The summed E-state index contributed by atoms with van der Waals surface area (Å²) in [6, 6.07) is 10.0. The van der Waals surface area contributed by atoms with Crippen molar-refractivity contribution in [3.63, 3.8) is 0 Å². The molecule has 1 aromatic heterocycles. The zero-order valence-electron chi connectivity index (χ0n) is 7.77. The van der Waals surface area contributed by atoms with Crippen molar-refractivity contribution in [3.05, 3.63) is 36.5 Å². The summed E-state index contributed by atoms with van der Waals surface area (Å²) in [6.07, 6.45) is 1.78. The Morgan fingerprint density at radius 1 is 1.08 bits per heavy atom. The lowest BCUT2D eigenvalue weighted by molar-refractivity contribution is 1.49. The van der Waals surface area contributed by atoms with Crippen LogP contribution in [0, 0.1) is 0 Å². The van der Waals surface area contributed by atoms with E-state index in [2.05, 4.69) is 8.75 Å². The van der Waals surface area contributed by atoms with Crippen LogP contribution in [0.4, 0.5) is 0 Å². The molecule has 1 aromatic carbocycles. The molecule has 0 spiro atoms. The highest BCUT2D eigenvalue weighted by atomic mass is 32.1. The fourth-order valence-corrected chi connectivity index (χ4v) is 1.34. The van der Waals surface area contributed by atoms with Gasteiger partial charge in [0.15, 0.2) is 0 Å². The van der Waals surface area contributed by atoms with E-state index in [1.165, 1.54) is 11.7 Å². The molecular weight excluding hydrogens is 180 g/mol. The summed E-state index contributed by atoms with van der Waals surface area (Å²) in [7, 11) is 0. The Morgan fingerprint density at radius 3 is 2.31 bits per heavy atom. The first-order valence-electron chi connectivity index (χ1n) is 4.30. The summed E-state index contributed by atoms with van der Waals surface area (Å²) in [6.45, 7) is 4.00. The average Bonchev–Trinajstić information content (AvgIpc) is 2.75. The lowest BCUT2D eigenvalue weighted by atomic mass is 10.2. The molecule has 0 saturated heterocycles. The Morgan fingerprint density at radius 2 is 1.77 bits per heavy atom. The maximum Gasteiger partial charge on any atom is 0.104 e. The van der Waals surface area contributed by atoms with E-state index >= 15 is 0 Å². The quantitative estimate of drug-likeness (QED) is 0.693. The molecule has 0 radical (unpaired) electrons. The van der Waals surface area contributed by atoms with Crippen molar-refractivity contribution in [2.45, 2.75) is 13.8 Å². The summed E-state index contributed by atoms with van der Waals surface area (Å²) in [5.74, 6) is 0. The van der Waals surface area contributed by atoms with Gasteiger partial charge in [-0.3, -0.25) is 0 Å². The zero-order valence-corrected chi connectivity index (χ0v) is 8.58. The molecule has 0 aliphatic carbocycles. The third-order valence-electron chi connectivity index (χ3n) is 1.43. The van der Waals surface area contributed by atoms with Crippen LogP contribution in [0.3, 0.4) is 0 Å². The largest absolute Gasteiger partial charge is 0.181 e. The predicted octanol–water partition coefficient (Wildman–Crippen LogP) is 3.23. The highest BCUT2D eigenvalue weighted by molar-refractivity contribution is 6.99. The Balaban J connectivity index is 0.000000396. The van der Waals surface area contributed by atoms with Gasteiger partial charge in [0, 0.05) is 5.56 Å². The molecule has 0 bridgehead atoms. The summed E-state index contributed by atoms with van der Waals surface area (Å²) in [5.41, 5.74) is 2.08. The number of benzene rings is 1. The van der Waals surface area contributed by atoms with E-state index in [1.54, 1.807) is 6.20 Å². The number of nitrogens with zero attached hydrogens (tertiary/aromatic N) is 2. The Bertz CT molecular complexity index is 316. The van der Waals surface area contributed by atoms with E-state index in [1.807, 2.05) is 44.2 Å². The van der Waals surface area contributed by atoms with Gasteiger partial charge in [-0.05, 0) is 0 Å². The highest BCUT2D eigenvalue weighted by Crippen LogP contribution is 2.15. The third-order valence-corrected chi connectivity index (χ3v) is 1.91. The summed E-state index contributed by atoms with van der Waals surface area (Å²) in [4.78, 5) is 0. The van der Waals surface area contributed by atoms with Crippen LogP contribution in [0.2, 0.25) is 0 Å². The van der Waals surface area contributed by atoms with Crippen molar-refractivity contribution in [1.29, 1.82) is 0 Å². The second-order valence-electron chi connectivity index (χ2n) is 2.16. The van der Waals surface area contributed by atoms with Crippen molar-refractivity contribution in [1.82, 2.24) is 8.75 Å². The van der Waals surface area contributed by atoms with Gasteiger partial charge in [-0.2, -0.15) is 8.75 Å². The minimum atomic E-state index is 0.954. The van der Waals surface area contributed by atoms with E-state index in [-0.39, 0.29) is 0 Å². The number of rotatable bonds is 1. The second-order valence-corrected chi connectivity index (χ2v) is 2.72. The molecule has 0 amide bonds. The van der Waals surface area contributed by atoms with Gasteiger partial charge in [-0.1, -0.05) is 44.2 Å². The van der Waals surface area contributed by atoms with E-state index in [0.717, 1.165) is 11.3 Å². The zero-order chi connectivity index (χ0) is 9.52. The van der Waals surface area contributed by atoms with Crippen molar-refractivity contribution in [2.75, 3.05) is 0 Å². The fraction of sp³-hybridized carbons (Fsp3) is 0.200. The molecule has 0 aliphatic heterocycles. The van der Waals surface area contributed by atoms with Gasteiger partial charge in [0.05, 0.1) is 17.9 Å². The molecule has 1 heterocycles. The maximum absolute atomic E-state index is 4.12. The Hall–Kier alpha value is -1.22. The van der Waals surface area contributed by atoms with Crippen LogP contribution in [0.15, 0.2) is 36.5 Å². The molecule has 0 saturated carbocycles. The van der Waals surface area contributed by atoms with E-state index in [9.17, 15) is 0 Å². The lowest BCUT2D eigenvalue weighted by Crippen LogP contribution is -1.72. The normalized spacial score (nSPS) is 8.77. The van der Waals surface area contributed by atoms with Gasteiger partial charge < -0.3 is 0 Å². The highest BCUT2D eigenvalue weighted by Gasteiger charge is 1.96. The number of hydrogen-bond acceptors (Lipinski definition) is 3. The lowest BCUT2D eigenvalue weighted by Gasteiger charge is -1.91. The van der Waals surface area contributed by atoms with Crippen LogP contribution in [0.5, 0.6) is 0 Å². The second kappa shape index (κ2) is 5.43. The molecule has 68 valence electrons. The first-order chi connectivity index (χ1) is 6.47. The topological polar surface area (TPSA) is 25.8 Å². The van der Waals surface area contributed by atoms with Crippen molar-refractivity contribution >= 4 is 11.7 Å². The first-order valence-corrected chi connectivity index (χ1v) is 5.03. The monoisotopic (exact) mass is 192 g/mol. The molecule has 3 heteroatoms. The van der Waals surface area contributed by atoms with Crippen molar-refractivity contribution < 1.29 is 0 Å². The molecule has 0 fully saturated rings. The summed E-state index contributed by atoms with van der Waals surface area (Å²) in [5, 5.41) is 0. The molecule has 2 rings (SSSR count). The molecule has 0 aliphatic rings.